The normalized spacial score (nSPS) is 13.4. The van der Waals surface area contributed by atoms with Gasteiger partial charge in [-0.05, 0) is 12.8 Å². The van der Waals surface area contributed by atoms with E-state index in [0.717, 1.165) is 18.4 Å². The summed E-state index contributed by atoms with van der Waals surface area (Å²) >= 11 is 1.19. The van der Waals surface area contributed by atoms with Crippen LogP contribution in [0.4, 0.5) is 10.7 Å². The molecule has 0 saturated heterocycles. The van der Waals surface area contributed by atoms with Crippen LogP contribution < -0.4 is 11.1 Å². The lowest BCUT2D eigenvalue weighted by Crippen LogP contribution is -2.02. The van der Waals surface area contributed by atoms with E-state index in [1.54, 1.807) is 6.07 Å². The SMILES string of the molecule is N#Cc1c(NC2CC2)sc(C(=O)c2cc(-c3ccccc3)no2)c1N. The van der Waals surface area contributed by atoms with Gasteiger partial charge in [-0.15, -0.1) is 11.3 Å². The summed E-state index contributed by atoms with van der Waals surface area (Å²) in [7, 11) is 0. The summed E-state index contributed by atoms with van der Waals surface area (Å²) in [5.41, 5.74) is 7.99. The summed E-state index contributed by atoms with van der Waals surface area (Å²) in [5.74, 6) is -0.258. The number of anilines is 2. The number of hydrogen-bond acceptors (Lipinski definition) is 7. The smallest absolute Gasteiger partial charge is 0.243 e. The second kappa shape index (κ2) is 6.07. The molecule has 1 aliphatic rings. The van der Waals surface area contributed by atoms with E-state index in [1.165, 1.54) is 11.3 Å². The third kappa shape index (κ3) is 2.88. The first-order chi connectivity index (χ1) is 12.2. The van der Waals surface area contributed by atoms with Crippen molar-refractivity contribution in [2.75, 3.05) is 11.1 Å². The number of thiophene rings is 1. The van der Waals surface area contributed by atoms with Gasteiger partial charge in [0.1, 0.15) is 27.2 Å². The molecule has 2 heterocycles. The van der Waals surface area contributed by atoms with Crippen LogP contribution in [-0.2, 0) is 0 Å². The van der Waals surface area contributed by atoms with Gasteiger partial charge in [-0.25, -0.2) is 0 Å². The van der Waals surface area contributed by atoms with Gasteiger partial charge in [0.05, 0.1) is 5.69 Å². The Bertz CT molecular complexity index is 980. The van der Waals surface area contributed by atoms with Gasteiger partial charge >= 0.3 is 0 Å². The number of nitriles is 1. The second-order valence-corrected chi connectivity index (χ2v) is 6.87. The zero-order valence-corrected chi connectivity index (χ0v) is 14.0. The Hall–Kier alpha value is -3.11. The molecule has 1 saturated carbocycles. The molecular weight excluding hydrogens is 336 g/mol. The number of aromatic nitrogens is 1. The zero-order valence-electron chi connectivity index (χ0n) is 13.2. The van der Waals surface area contributed by atoms with Gasteiger partial charge in [0.15, 0.2) is 0 Å². The first-order valence-electron chi connectivity index (χ1n) is 7.83. The van der Waals surface area contributed by atoms with Gasteiger partial charge in [-0.1, -0.05) is 35.5 Å². The number of nitrogen functional groups attached to an aromatic ring is 1. The number of nitrogens with one attached hydrogen (secondary N) is 1. The summed E-state index contributed by atoms with van der Waals surface area (Å²) in [6.45, 7) is 0. The van der Waals surface area contributed by atoms with Crippen LogP contribution >= 0.6 is 11.3 Å². The highest BCUT2D eigenvalue weighted by Crippen LogP contribution is 2.39. The van der Waals surface area contributed by atoms with Crippen molar-refractivity contribution in [2.45, 2.75) is 18.9 Å². The van der Waals surface area contributed by atoms with Crippen LogP contribution in [0.15, 0.2) is 40.9 Å². The maximum Gasteiger partial charge on any atom is 0.243 e. The van der Waals surface area contributed by atoms with Gasteiger partial charge < -0.3 is 15.6 Å². The Kier molecular flexibility index (Phi) is 3.75. The fourth-order valence-corrected chi connectivity index (χ4v) is 3.57. The minimum absolute atomic E-state index is 0.106. The van der Waals surface area contributed by atoms with Crippen molar-refractivity contribution in [2.24, 2.45) is 0 Å². The quantitative estimate of drug-likeness (QED) is 0.680. The summed E-state index contributed by atoms with van der Waals surface area (Å²) < 4.78 is 5.21. The molecule has 124 valence electrons. The van der Waals surface area contributed by atoms with E-state index in [9.17, 15) is 10.1 Å². The van der Waals surface area contributed by atoms with Crippen molar-refractivity contribution in [1.82, 2.24) is 5.16 Å². The summed E-state index contributed by atoms with van der Waals surface area (Å²) in [6, 6.07) is 13.5. The first-order valence-corrected chi connectivity index (χ1v) is 8.64. The van der Waals surface area contributed by atoms with E-state index in [2.05, 4.69) is 16.5 Å². The van der Waals surface area contributed by atoms with Crippen molar-refractivity contribution in [3.8, 4) is 17.3 Å². The molecule has 0 bridgehead atoms. The molecule has 7 heteroatoms. The van der Waals surface area contributed by atoms with E-state index in [-0.39, 0.29) is 17.2 Å². The number of carbonyl (C=O) groups excluding carboxylic acids is 1. The molecule has 0 radical (unpaired) electrons. The van der Waals surface area contributed by atoms with Crippen LogP contribution in [0.2, 0.25) is 0 Å². The van der Waals surface area contributed by atoms with Gasteiger partial charge in [-0.3, -0.25) is 4.79 Å². The second-order valence-electron chi connectivity index (χ2n) is 5.85. The Morgan fingerprint density at radius 3 is 2.80 bits per heavy atom. The molecule has 25 heavy (non-hydrogen) atoms. The number of rotatable bonds is 5. The van der Waals surface area contributed by atoms with Crippen molar-refractivity contribution >= 4 is 27.8 Å². The fourth-order valence-electron chi connectivity index (χ4n) is 2.48. The molecule has 6 nitrogen and oxygen atoms in total. The molecule has 0 amide bonds. The van der Waals surface area contributed by atoms with Crippen LogP contribution in [-0.4, -0.2) is 17.0 Å². The molecular formula is C18H14N4O2S. The number of ketones is 1. The molecule has 1 aliphatic carbocycles. The minimum Gasteiger partial charge on any atom is -0.396 e. The van der Waals surface area contributed by atoms with Gasteiger partial charge in [-0.2, -0.15) is 5.26 Å². The van der Waals surface area contributed by atoms with Crippen molar-refractivity contribution < 1.29 is 9.32 Å². The maximum absolute atomic E-state index is 12.8. The van der Waals surface area contributed by atoms with Crippen LogP contribution in [0.1, 0.15) is 33.8 Å². The third-order valence-corrected chi connectivity index (χ3v) is 5.11. The third-order valence-electron chi connectivity index (χ3n) is 3.98. The predicted octanol–water partition coefficient (Wildman–Crippen LogP) is 3.66. The van der Waals surface area contributed by atoms with E-state index in [4.69, 9.17) is 10.3 Å². The highest BCUT2D eigenvalue weighted by atomic mass is 32.1. The number of benzene rings is 1. The molecule has 4 rings (SSSR count). The van der Waals surface area contributed by atoms with Gasteiger partial charge in [0, 0.05) is 17.7 Å². The number of nitrogens with two attached hydrogens (primary N) is 1. The number of carbonyl (C=O) groups is 1. The summed E-state index contributed by atoms with van der Waals surface area (Å²) in [5, 5.41) is 17.2. The zero-order chi connectivity index (χ0) is 17.4. The van der Waals surface area contributed by atoms with E-state index in [0.29, 0.717) is 27.2 Å². The van der Waals surface area contributed by atoms with Crippen LogP contribution in [0.25, 0.3) is 11.3 Å². The van der Waals surface area contributed by atoms with Crippen molar-refractivity contribution in [1.29, 1.82) is 5.26 Å². The Morgan fingerprint density at radius 2 is 2.12 bits per heavy atom. The molecule has 1 aromatic carbocycles. The number of nitrogens with zero attached hydrogens (tertiary/aromatic N) is 2. The minimum atomic E-state index is -0.363. The standard InChI is InChI=1S/C18H14N4O2S/c19-9-12-15(20)17(25-18(12)21-11-6-7-11)16(23)14-8-13(22-24-14)10-4-2-1-3-5-10/h1-5,8,11,21H,6-7,20H2. The van der Waals surface area contributed by atoms with E-state index in [1.807, 2.05) is 30.3 Å². The lowest BCUT2D eigenvalue weighted by molar-refractivity contribution is 0.100. The predicted molar refractivity (Wildman–Crippen MR) is 95.5 cm³/mol. The summed E-state index contributed by atoms with van der Waals surface area (Å²) in [6.07, 6.45) is 2.13. The highest BCUT2D eigenvalue weighted by Gasteiger charge is 2.28. The lowest BCUT2D eigenvalue weighted by atomic mass is 10.1. The number of hydrogen-bond donors (Lipinski definition) is 2. The van der Waals surface area contributed by atoms with Gasteiger partial charge in [0.25, 0.3) is 0 Å². The monoisotopic (exact) mass is 350 g/mol. The largest absolute Gasteiger partial charge is 0.396 e. The Balaban J connectivity index is 1.66. The molecule has 0 spiro atoms. The molecule has 3 aromatic rings. The van der Waals surface area contributed by atoms with E-state index < -0.39 is 0 Å². The summed E-state index contributed by atoms with van der Waals surface area (Å²) in [4.78, 5) is 13.1. The average Bonchev–Trinajstić information content (AvgIpc) is 3.20. The van der Waals surface area contributed by atoms with Crippen LogP contribution in [0.5, 0.6) is 0 Å². The lowest BCUT2D eigenvalue weighted by Gasteiger charge is -1.99. The van der Waals surface area contributed by atoms with Gasteiger partial charge in [0.2, 0.25) is 11.5 Å². The van der Waals surface area contributed by atoms with Crippen LogP contribution in [0, 0.1) is 11.3 Å². The van der Waals surface area contributed by atoms with Crippen molar-refractivity contribution in [3.05, 3.63) is 52.6 Å². The van der Waals surface area contributed by atoms with Crippen LogP contribution in [0.3, 0.4) is 0 Å². The average molecular weight is 350 g/mol. The molecule has 0 unspecified atom stereocenters. The Labute approximate surface area is 147 Å². The molecule has 2 aromatic heterocycles. The van der Waals surface area contributed by atoms with E-state index >= 15 is 0 Å². The first kappa shape index (κ1) is 15.4. The highest BCUT2D eigenvalue weighted by molar-refractivity contribution is 7.19. The molecule has 3 N–H and O–H groups in total. The Morgan fingerprint density at radius 1 is 1.36 bits per heavy atom. The fraction of sp³-hybridized carbons (Fsp3) is 0.167. The molecule has 1 fully saturated rings. The molecule has 0 aliphatic heterocycles. The molecule has 0 atom stereocenters. The topological polar surface area (TPSA) is 105 Å². The van der Waals surface area contributed by atoms with Crippen molar-refractivity contribution in [3.63, 3.8) is 0 Å². The maximum atomic E-state index is 12.8.